The lowest BCUT2D eigenvalue weighted by molar-refractivity contribution is 1.10. The zero-order chi connectivity index (χ0) is 13.7. The highest BCUT2D eigenvalue weighted by molar-refractivity contribution is 5.61. The van der Waals surface area contributed by atoms with Gasteiger partial charge in [0.1, 0.15) is 0 Å². The minimum absolute atomic E-state index is 0.778. The highest BCUT2D eigenvalue weighted by Gasteiger charge is 2.00. The zero-order valence-corrected chi connectivity index (χ0v) is 11.4. The van der Waals surface area contributed by atoms with Crippen molar-refractivity contribution in [2.75, 3.05) is 24.3 Å². The Balaban J connectivity index is 2.04. The molecule has 2 rings (SSSR count). The number of nitrogens with one attached hydrogen (secondary N) is 1. The van der Waals surface area contributed by atoms with Crippen LogP contribution in [0.5, 0.6) is 0 Å². The fourth-order valence-electron chi connectivity index (χ4n) is 1.84. The van der Waals surface area contributed by atoms with Crippen LogP contribution in [0.2, 0.25) is 0 Å². The highest BCUT2D eigenvalue weighted by atomic mass is 15.1. The Morgan fingerprint density at radius 2 is 1.95 bits per heavy atom. The fourth-order valence-corrected chi connectivity index (χ4v) is 1.84. The van der Waals surface area contributed by atoms with E-state index in [0.29, 0.717) is 0 Å². The van der Waals surface area contributed by atoms with Gasteiger partial charge in [0.15, 0.2) is 0 Å². The van der Waals surface area contributed by atoms with E-state index in [0.717, 1.165) is 17.9 Å². The van der Waals surface area contributed by atoms with Crippen molar-refractivity contribution in [3.8, 4) is 0 Å². The van der Waals surface area contributed by atoms with Gasteiger partial charge in [-0.25, -0.2) is 0 Å². The standard InChI is InChI=1S/C16H19N3/c1-4-15-16(6-5-11-17-15)18-12-13-7-9-14(10-8-13)19(2)3/h4-11,18H,1,12H2,2-3H3. The van der Waals surface area contributed by atoms with Gasteiger partial charge in [0, 0.05) is 32.5 Å². The molecule has 0 radical (unpaired) electrons. The lowest BCUT2D eigenvalue weighted by Crippen LogP contribution is -2.08. The molecule has 98 valence electrons. The Labute approximate surface area is 114 Å². The van der Waals surface area contributed by atoms with Gasteiger partial charge < -0.3 is 10.2 Å². The van der Waals surface area contributed by atoms with Gasteiger partial charge in [-0.2, -0.15) is 0 Å². The van der Waals surface area contributed by atoms with Gasteiger partial charge in [-0.1, -0.05) is 18.7 Å². The van der Waals surface area contributed by atoms with Crippen LogP contribution < -0.4 is 10.2 Å². The Bertz CT molecular complexity index is 544. The number of anilines is 2. The second kappa shape index (κ2) is 6.05. The molecule has 3 nitrogen and oxygen atoms in total. The number of pyridine rings is 1. The minimum Gasteiger partial charge on any atom is -0.379 e. The maximum Gasteiger partial charge on any atom is 0.0855 e. The third-order valence-electron chi connectivity index (χ3n) is 2.97. The minimum atomic E-state index is 0.778. The first kappa shape index (κ1) is 13.1. The molecule has 0 unspecified atom stereocenters. The second-order valence-corrected chi connectivity index (χ2v) is 4.55. The summed E-state index contributed by atoms with van der Waals surface area (Å²) in [5.74, 6) is 0. The summed E-state index contributed by atoms with van der Waals surface area (Å²) in [6.07, 6.45) is 3.53. The van der Waals surface area contributed by atoms with Crippen molar-refractivity contribution in [2.24, 2.45) is 0 Å². The molecule has 19 heavy (non-hydrogen) atoms. The second-order valence-electron chi connectivity index (χ2n) is 4.55. The summed E-state index contributed by atoms with van der Waals surface area (Å²) < 4.78 is 0. The topological polar surface area (TPSA) is 28.2 Å². The number of hydrogen-bond donors (Lipinski definition) is 1. The summed E-state index contributed by atoms with van der Waals surface area (Å²) in [5.41, 5.74) is 4.34. The van der Waals surface area contributed by atoms with Gasteiger partial charge >= 0.3 is 0 Å². The van der Waals surface area contributed by atoms with Crippen LogP contribution in [0.15, 0.2) is 49.2 Å². The van der Waals surface area contributed by atoms with Crippen LogP contribution in [-0.2, 0) is 6.54 Å². The molecule has 1 heterocycles. The van der Waals surface area contributed by atoms with E-state index in [1.165, 1.54) is 11.3 Å². The molecule has 0 atom stereocenters. The smallest absolute Gasteiger partial charge is 0.0855 e. The maximum atomic E-state index is 4.26. The van der Waals surface area contributed by atoms with Gasteiger partial charge in [-0.05, 0) is 35.9 Å². The molecule has 0 amide bonds. The summed E-state index contributed by atoms with van der Waals surface area (Å²) in [6, 6.07) is 12.4. The first-order valence-electron chi connectivity index (χ1n) is 6.28. The fraction of sp³-hybridized carbons (Fsp3) is 0.188. The third kappa shape index (κ3) is 3.35. The lowest BCUT2D eigenvalue weighted by atomic mass is 10.2. The van der Waals surface area contributed by atoms with Crippen molar-refractivity contribution in [1.82, 2.24) is 4.98 Å². The number of aromatic nitrogens is 1. The van der Waals surface area contributed by atoms with Gasteiger partial charge in [0.25, 0.3) is 0 Å². The van der Waals surface area contributed by atoms with Crippen molar-refractivity contribution in [2.45, 2.75) is 6.54 Å². The monoisotopic (exact) mass is 253 g/mol. The van der Waals surface area contributed by atoms with E-state index in [9.17, 15) is 0 Å². The molecule has 1 aromatic carbocycles. The van der Waals surface area contributed by atoms with Crippen LogP contribution in [0, 0.1) is 0 Å². The van der Waals surface area contributed by atoms with Gasteiger partial charge in [0.05, 0.1) is 11.4 Å². The molecular weight excluding hydrogens is 234 g/mol. The molecule has 0 fully saturated rings. The Morgan fingerprint density at radius 1 is 1.21 bits per heavy atom. The summed E-state index contributed by atoms with van der Waals surface area (Å²) >= 11 is 0. The normalized spacial score (nSPS) is 10.0. The Morgan fingerprint density at radius 3 is 2.58 bits per heavy atom. The molecule has 0 saturated heterocycles. The Hall–Kier alpha value is -2.29. The summed E-state index contributed by atoms with van der Waals surface area (Å²) in [6.45, 7) is 4.55. The van der Waals surface area contributed by atoms with E-state index in [1.807, 2.05) is 26.2 Å². The molecule has 0 spiro atoms. The molecule has 2 aromatic rings. The molecule has 0 aliphatic carbocycles. The van der Waals surface area contributed by atoms with Crippen LogP contribution in [-0.4, -0.2) is 19.1 Å². The van der Waals surface area contributed by atoms with E-state index in [2.05, 4.69) is 46.0 Å². The quantitative estimate of drug-likeness (QED) is 0.885. The number of rotatable bonds is 5. The molecule has 0 aliphatic heterocycles. The molecule has 0 aliphatic rings. The van der Waals surface area contributed by atoms with Gasteiger partial charge in [0.2, 0.25) is 0 Å². The number of benzene rings is 1. The van der Waals surface area contributed by atoms with Crippen molar-refractivity contribution < 1.29 is 0 Å². The third-order valence-corrected chi connectivity index (χ3v) is 2.97. The van der Waals surface area contributed by atoms with E-state index >= 15 is 0 Å². The number of nitrogens with zero attached hydrogens (tertiary/aromatic N) is 2. The largest absolute Gasteiger partial charge is 0.379 e. The van der Waals surface area contributed by atoms with Crippen molar-refractivity contribution in [1.29, 1.82) is 0 Å². The first-order valence-corrected chi connectivity index (χ1v) is 6.28. The maximum absolute atomic E-state index is 4.26. The van der Waals surface area contributed by atoms with Crippen LogP contribution in [0.4, 0.5) is 11.4 Å². The summed E-state index contributed by atoms with van der Waals surface area (Å²) in [7, 11) is 4.08. The van der Waals surface area contributed by atoms with Crippen molar-refractivity contribution >= 4 is 17.5 Å². The van der Waals surface area contributed by atoms with Crippen LogP contribution in [0.3, 0.4) is 0 Å². The van der Waals surface area contributed by atoms with E-state index in [1.54, 1.807) is 12.3 Å². The molecule has 3 heteroatoms. The molecule has 0 bridgehead atoms. The lowest BCUT2D eigenvalue weighted by Gasteiger charge is -2.13. The zero-order valence-electron chi connectivity index (χ0n) is 11.4. The summed E-state index contributed by atoms with van der Waals surface area (Å²) in [4.78, 5) is 6.35. The highest BCUT2D eigenvalue weighted by Crippen LogP contribution is 2.16. The van der Waals surface area contributed by atoms with Crippen molar-refractivity contribution in [3.63, 3.8) is 0 Å². The van der Waals surface area contributed by atoms with Gasteiger partial charge in [-0.15, -0.1) is 0 Å². The average Bonchev–Trinajstić information content (AvgIpc) is 2.45. The predicted molar refractivity (Wildman–Crippen MR) is 82.4 cm³/mol. The Kier molecular flexibility index (Phi) is 4.18. The van der Waals surface area contributed by atoms with E-state index in [4.69, 9.17) is 0 Å². The SMILES string of the molecule is C=Cc1ncccc1NCc1ccc(N(C)C)cc1. The summed E-state index contributed by atoms with van der Waals surface area (Å²) in [5, 5.41) is 3.38. The predicted octanol–water partition coefficient (Wildman–Crippen LogP) is 3.40. The van der Waals surface area contributed by atoms with Crippen LogP contribution >= 0.6 is 0 Å². The number of hydrogen-bond acceptors (Lipinski definition) is 3. The molecular formula is C16H19N3. The van der Waals surface area contributed by atoms with Crippen molar-refractivity contribution in [3.05, 3.63) is 60.4 Å². The van der Waals surface area contributed by atoms with E-state index < -0.39 is 0 Å². The van der Waals surface area contributed by atoms with Crippen LogP contribution in [0.1, 0.15) is 11.3 Å². The molecule has 0 saturated carbocycles. The average molecular weight is 253 g/mol. The van der Waals surface area contributed by atoms with Crippen LogP contribution in [0.25, 0.3) is 6.08 Å². The first-order chi connectivity index (χ1) is 9.20. The van der Waals surface area contributed by atoms with E-state index in [-0.39, 0.29) is 0 Å². The van der Waals surface area contributed by atoms with Gasteiger partial charge in [-0.3, -0.25) is 4.98 Å². The molecule has 1 N–H and O–H groups in total. The molecule has 1 aromatic heterocycles.